The van der Waals surface area contributed by atoms with E-state index in [0.29, 0.717) is 9.90 Å². The molecule has 0 radical (unpaired) electrons. The minimum atomic E-state index is -2.01. The van der Waals surface area contributed by atoms with Crippen LogP contribution in [0.2, 0.25) is 0 Å². The molecule has 7 rings (SSSR count). The van der Waals surface area contributed by atoms with Crippen LogP contribution in [0.4, 0.5) is 0 Å². The number of nitrogens with one attached hydrogen (secondary N) is 1. The first-order chi connectivity index (χ1) is 37.6. The molecule has 25 nitrogen and oxygen atoms in total. The second-order valence-electron chi connectivity index (χ2n) is 18.3. The Morgan fingerprint density at radius 2 is 0.911 bits per heavy atom. The van der Waals surface area contributed by atoms with Gasteiger partial charge in [-0.3, -0.25) is 43.2 Å². The monoisotopic (exact) mass is 1120 g/mol. The van der Waals surface area contributed by atoms with Crippen LogP contribution in [0.1, 0.15) is 86.5 Å². The van der Waals surface area contributed by atoms with Crippen molar-refractivity contribution in [2.75, 3.05) is 13.2 Å². The number of fused-ring (bicyclic) bond motifs is 1. The second-order valence-corrected chi connectivity index (χ2v) is 19.5. The number of carbonyl (C=O) groups is 10. The predicted molar refractivity (Wildman–Crippen MR) is 264 cm³/mol. The fourth-order valence-electron chi connectivity index (χ4n) is 9.19. The highest BCUT2D eigenvalue weighted by molar-refractivity contribution is 7.99. The molecule has 3 aromatic rings. The summed E-state index contributed by atoms with van der Waals surface area (Å²) in [7, 11) is 0. The number of benzene rings is 3. The Morgan fingerprint density at radius 1 is 0.481 bits per heavy atom. The summed E-state index contributed by atoms with van der Waals surface area (Å²) < 4.78 is 78.9. The summed E-state index contributed by atoms with van der Waals surface area (Å²) in [6.45, 7) is 7.33. The molecule has 4 aliphatic rings. The molecule has 4 heterocycles. The minimum Gasteiger partial charge on any atom is -0.463 e. The van der Waals surface area contributed by atoms with Crippen LogP contribution in [0.15, 0.2) is 89.8 Å². The molecule has 2 amide bonds. The number of rotatable bonds is 19. The second kappa shape index (κ2) is 26.5. The summed E-state index contributed by atoms with van der Waals surface area (Å²) in [4.78, 5) is 133. The summed E-state index contributed by atoms with van der Waals surface area (Å²) in [5.41, 5.74) is 1.78. The maximum atomic E-state index is 14.3. The van der Waals surface area contributed by atoms with Crippen LogP contribution in [0, 0.1) is 0 Å². The molecule has 0 bridgehead atoms. The van der Waals surface area contributed by atoms with E-state index in [2.05, 4.69) is 5.43 Å². The maximum absolute atomic E-state index is 14.3. The van der Waals surface area contributed by atoms with E-state index in [1.54, 1.807) is 60.7 Å². The number of amides is 2. The SMILES string of the molecule is CC(=O)OC[C@H]1O[C@@H](O[C@H]2[C@H](O[C@@H]3O[C@@H](C)[C@@H](OC(C)=O)[C@@H](OC(C)=O)[C@@H]3OC(C)=O)[C@@H](NN3C(=O)c4ccccc4C3=O)[C@H](Sc3ccccc3)O[C@@H]2COC(=O)c2ccccc2)[C@H](OC(C)=O)[C@@H](OC(C)=O)[C@H]1OC(C)=O. The summed E-state index contributed by atoms with van der Waals surface area (Å²) >= 11 is 1.03. The van der Waals surface area contributed by atoms with Crippen molar-refractivity contribution in [2.45, 2.75) is 151 Å². The van der Waals surface area contributed by atoms with E-state index in [4.69, 9.17) is 61.6 Å². The van der Waals surface area contributed by atoms with Crippen molar-refractivity contribution in [3.8, 4) is 0 Å². The van der Waals surface area contributed by atoms with Crippen molar-refractivity contribution in [1.29, 1.82) is 0 Å². The van der Waals surface area contributed by atoms with Gasteiger partial charge in [0.25, 0.3) is 11.8 Å². The first kappa shape index (κ1) is 59.3. The summed E-state index contributed by atoms with van der Waals surface area (Å²) in [6.07, 6.45) is -22.1. The molecule has 3 aromatic carbocycles. The van der Waals surface area contributed by atoms with Gasteiger partial charge in [0.05, 0.1) is 28.8 Å². The largest absolute Gasteiger partial charge is 0.463 e. The number of hydrazine groups is 1. The van der Waals surface area contributed by atoms with Gasteiger partial charge in [0.2, 0.25) is 0 Å². The average Bonchev–Trinajstić information content (AvgIpc) is 3.74. The highest BCUT2D eigenvalue weighted by Crippen LogP contribution is 2.41. The number of imide groups is 1. The fraction of sp³-hybridized carbons (Fsp3) is 0.472. The van der Waals surface area contributed by atoms with Gasteiger partial charge >= 0.3 is 47.8 Å². The molecule has 0 aliphatic carbocycles. The highest BCUT2D eigenvalue weighted by Gasteiger charge is 2.59. The summed E-state index contributed by atoms with van der Waals surface area (Å²) in [5, 5.41) is 0.709. The number of hydrogen-bond acceptors (Lipinski definition) is 25. The van der Waals surface area contributed by atoms with Crippen LogP contribution in [0.25, 0.3) is 0 Å². The van der Waals surface area contributed by atoms with Gasteiger partial charge in [-0.05, 0) is 43.3 Å². The molecule has 26 heteroatoms. The highest BCUT2D eigenvalue weighted by atomic mass is 32.2. The molecule has 15 atom stereocenters. The Balaban J connectivity index is 1.45. The number of nitrogens with zero attached hydrogens (tertiary/aromatic N) is 1. The normalized spacial score (nSPS) is 29.2. The zero-order valence-electron chi connectivity index (χ0n) is 43.9. The van der Waals surface area contributed by atoms with Gasteiger partial charge in [0.1, 0.15) is 43.1 Å². The van der Waals surface area contributed by atoms with E-state index in [-0.39, 0.29) is 16.7 Å². The minimum absolute atomic E-state index is 0.0116. The zero-order chi connectivity index (χ0) is 57.2. The average molecular weight is 1120 g/mol. The number of thioether (sulfide) groups is 1. The van der Waals surface area contributed by atoms with Crippen molar-refractivity contribution < 1.29 is 110 Å². The van der Waals surface area contributed by atoms with Gasteiger partial charge in [-0.25, -0.2) is 15.2 Å². The molecule has 0 unspecified atom stereocenters. The Morgan fingerprint density at radius 3 is 1.44 bits per heavy atom. The first-order valence-electron chi connectivity index (χ1n) is 24.7. The number of esters is 8. The molecular formula is C53H58N2O23S. The third kappa shape index (κ3) is 14.9. The van der Waals surface area contributed by atoms with Crippen molar-refractivity contribution in [2.24, 2.45) is 0 Å². The van der Waals surface area contributed by atoms with Gasteiger partial charge < -0.3 is 61.6 Å². The quantitative estimate of drug-likeness (QED) is 0.102. The molecule has 0 aromatic heterocycles. The summed E-state index contributed by atoms with van der Waals surface area (Å²) in [6, 6.07) is 20.8. The van der Waals surface area contributed by atoms with Crippen LogP contribution >= 0.6 is 11.8 Å². The predicted octanol–water partition coefficient (Wildman–Crippen LogP) is 2.92. The molecule has 424 valence electrons. The first-order valence-corrected chi connectivity index (χ1v) is 25.6. The molecule has 3 fully saturated rings. The van der Waals surface area contributed by atoms with Crippen LogP contribution in [0.5, 0.6) is 0 Å². The van der Waals surface area contributed by atoms with Crippen LogP contribution in [0.3, 0.4) is 0 Å². The van der Waals surface area contributed by atoms with E-state index < -0.39 is 164 Å². The number of ether oxygens (including phenoxy) is 13. The van der Waals surface area contributed by atoms with Gasteiger partial charge in [-0.2, -0.15) is 0 Å². The molecule has 4 aliphatic heterocycles. The zero-order valence-corrected chi connectivity index (χ0v) is 44.7. The third-order valence-electron chi connectivity index (χ3n) is 12.3. The lowest BCUT2D eigenvalue weighted by atomic mass is 9.95. The lowest BCUT2D eigenvalue weighted by Gasteiger charge is -2.51. The lowest BCUT2D eigenvalue weighted by molar-refractivity contribution is -0.360. The molecule has 3 saturated heterocycles. The van der Waals surface area contributed by atoms with E-state index in [9.17, 15) is 47.9 Å². The van der Waals surface area contributed by atoms with E-state index in [1.807, 2.05) is 0 Å². The third-order valence-corrected chi connectivity index (χ3v) is 13.4. The Bertz CT molecular complexity index is 2710. The fourth-order valence-corrected chi connectivity index (χ4v) is 10.3. The lowest BCUT2D eigenvalue weighted by Crippen LogP contribution is -2.71. The Kier molecular flexibility index (Phi) is 19.9. The van der Waals surface area contributed by atoms with Crippen molar-refractivity contribution >= 4 is 71.3 Å². The molecule has 1 N–H and O–H groups in total. The van der Waals surface area contributed by atoms with Gasteiger partial charge in [0, 0.05) is 53.4 Å². The van der Waals surface area contributed by atoms with Crippen LogP contribution in [-0.2, 0) is 95.1 Å². The standard InChI is InChI=1S/C53H58N2O23S/c1-25-40(69-27(3)57)44(71-29(5)59)46(73-31(7)61)51(68-25)78-43-39(54-55-48(63)35-21-15-16-22-36(35)49(55)64)53(79-34-19-13-10-14-20-34)76-38(24-67-50(65)33-17-11-9-12-18-33)41(43)77-52-47(74-32(8)62)45(72-30(6)60)42(70-28(4)58)37(75-52)23-66-26(2)56/h9-22,25,37-47,51-54H,23-24H2,1-8H3/t25-,37+,38+,39+,40+,41+,42-,43+,44+,45-,46-,47+,51-,52-,53-/m0/s1. The number of hydrogen-bond donors (Lipinski definition) is 1. The van der Waals surface area contributed by atoms with E-state index >= 15 is 0 Å². The summed E-state index contributed by atoms with van der Waals surface area (Å²) in [5.74, 6) is -8.92. The molecular weight excluding hydrogens is 1060 g/mol. The van der Waals surface area contributed by atoms with E-state index in [1.165, 1.54) is 31.2 Å². The van der Waals surface area contributed by atoms with Gasteiger partial charge in [0.15, 0.2) is 49.2 Å². The molecule has 0 saturated carbocycles. The topological polar surface area (TPSA) is 306 Å². The Hall–Kier alpha value is -7.33. The van der Waals surface area contributed by atoms with Crippen molar-refractivity contribution in [3.63, 3.8) is 0 Å². The van der Waals surface area contributed by atoms with Crippen LogP contribution in [-0.4, -0.2) is 169 Å². The van der Waals surface area contributed by atoms with E-state index in [0.717, 1.165) is 60.2 Å². The number of carbonyl (C=O) groups excluding carboxylic acids is 10. The van der Waals surface area contributed by atoms with Crippen molar-refractivity contribution in [1.82, 2.24) is 10.4 Å². The Labute approximate surface area is 456 Å². The van der Waals surface area contributed by atoms with Crippen molar-refractivity contribution in [3.05, 3.63) is 102 Å². The molecule has 79 heavy (non-hydrogen) atoms. The van der Waals surface area contributed by atoms with Gasteiger partial charge in [-0.15, -0.1) is 0 Å². The van der Waals surface area contributed by atoms with Gasteiger partial charge in [-0.1, -0.05) is 60.3 Å². The molecule has 0 spiro atoms. The smallest absolute Gasteiger partial charge is 0.338 e. The van der Waals surface area contributed by atoms with Crippen LogP contribution < -0.4 is 5.43 Å². The maximum Gasteiger partial charge on any atom is 0.338 e.